The number of carbonyl (C=O) groups excluding carboxylic acids is 2. The van der Waals surface area contributed by atoms with Gasteiger partial charge in [0.1, 0.15) is 0 Å². The molecule has 0 bridgehead atoms. The highest BCUT2D eigenvalue weighted by Crippen LogP contribution is 2.14. The van der Waals surface area contributed by atoms with Crippen molar-refractivity contribution in [1.29, 1.82) is 0 Å². The molecule has 2 amide bonds. The van der Waals surface area contributed by atoms with E-state index in [0.29, 0.717) is 26.0 Å². The number of nitrogens with one attached hydrogen (secondary N) is 2. The number of carbonyl (C=O) groups is 2. The van der Waals surface area contributed by atoms with Crippen LogP contribution in [0.3, 0.4) is 0 Å². The zero-order valence-corrected chi connectivity index (χ0v) is 22.3. The van der Waals surface area contributed by atoms with Crippen LogP contribution >= 0.6 is 11.9 Å². The average Bonchev–Trinajstić information content (AvgIpc) is 2.81. The summed E-state index contributed by atoms with van der Waals surface area (Å²) in [5.41, 5.74) is 0. The van der Waals surface area contributed by atoms with Crippen LogP contribution in [-0.4, -0.2) is 30.7 Å². The van der Waals surface area contributed by atoms with Crippen LogP contribution in [0.5, 0.6) is 0 Å². The third-order valence-corrected chi connectivity index (χ3v) is 6.75. The first-order valence-corrected chi connectivity index (χ1v) is 14.7. The summed E-state index contributed by atoms with van der Waals surface area (Å²) in [7, 11) is 0. The molecule has 0 aromatic heterocycles. The topological polar surface area (TPSA) is 93.5 Å². The van der Waals surface area contributed by atoms with Gasteiger partial charge in [-0.3, -0.25) is 9.59 Å². The second kappa shape index (κ2) is 27.5. The minimum absolute atomic E-state index is 0.0384. The zero-order valence-electron chi connectivity index (χ0n) is 21.5. The molecule has 0 saturated heterocycles. The molecule has 0 aliphatic rings. The van der Waals surface area contributed by atoms with Crippen LogP contribution in [0, 0.1) is 0 Å². The molecule has 0 saturated carbocycles. The first-order chi connectivity index (χ1) is 16.2. The van der Waals surface area contributed by atoms with Crippen LogP contribution < -0.4 is 15.9 Å². The van der Waals surface area contributed by atoms with E-state index in [1.165, 1.54) is 95.4 Å². The van der Waals surface area contributed by atoms with E-state index in [-0.39, 0.29) is 11.8 Å². The molecule has 0 aliphatic carbocycles. The lowest BCUT2D eigenvalue weighted by Crippen LogP contribution is -2.27. The Hall–Kier alpha value is -0.790. The number of hydrogen-bond donors (Lipinski definition) is 3. The Labute approximate surface area is 208 Å². The molecule has 0 aromatic rings. The number of unbranched alkanes of at least 4 members (excludes halogenated alkanes) is 16. The fourth-order valence-corrected chi connectivity index (χ4v) is 4.53. The largest absolute Gasteiger partial charge is 0.354 e. The third kappa shape index (κ3) is 27.3. The van der Waals surface area contributed by atoms with E-state index < -0.39 is 0 Å². The summed E-state index contributed by atoms with van der Waals surface area (Å²) in [4.78, 5) is 27.8. The molecule has 0 spiro atoms. The van der Waals surface area contributed by atoms with Crippen molar-refractivity contribution in [2.24, 2.45) is 5.90 Å². The van der Waals surface area contributed by atoms with Gasteiger partial charge in [-0.25, -0.2) is 5.90 Å². The number of amides is 2. The summed E-state index contributed by atoms with van der Waals surface area (Å²) >= 11 is 1.49. The first-order valence-electron chi connectivity index (χ1n) is 13.7. The third-order valence-electron chi connectivity index (χ3n) is 5.89. The van der Waals surface area contributed by atoms with E-state index in [1.807, 2.05) is 0 Å². The Morgan fingerprint density at radius 1 is 0.667 bits per heavy atom. The summed E-state index contributed by atoms with van der Waals surface area (Å²) in [6.45, 7) is 3.07. The van der Waals surface area contributed by atoms with Gasteiger partial charge >= 0.3 is 0 Å². The highest BCUT2D eigenvalue weighted by molar-refractivity contribution is 7.97. The fourth-order valence-electron chi connectivity index (χ4n) is 3.81. The highest BCUT2D eigenvalue weighted by atomic mass is 32.2. The van der Waals surface area contributed by atoms with E-state index in [2.05, 4.69) is 21.8 Å². The molecule has 0 heterocycles. The SMILES string of the molecule is CCCCCCCCCCCCCCCCCC(=O)NSCCCCCC(=O)NCCON. The molecule has 196 valence electrons. The van der Waals surface area contributed by atoms with E-state index >= 15 is 0 Å². The van der Waals surface area contributed by atoms with E-state index in [9.17, 15) is 9.59 Å². The van der Waals surface area contributed by atoms with Gasteiger partial charge in [-0.15, -0.1) is 0 Å². The second-order valence-electron chi connectivity index (χ2n) is 9.10. The standard InChI is InChI=1S/C26H53N3O3S/c1-2-3-4-5-6-7-8-9-10-11-12-13-14-15-17-21-26(31)29-33-24-19-16-18-20-25(30)28-22-23-32-27/h2-24,27H2,1H3,(H,28,30)(H,29,31). The molecule has 0 radical (unpaired) electrons. The Morgan fingerprint density at radius 3 is 1.64 bits per heavy atom. The summed E-state index contributed by atoms with van der Waals surface area (Å²) in [6, 6.07) is 0. The van der Waals surface area contributed by atoms with Crippen LogP contribution in [-0.2, 0) is 14.4 Å². The number of hydrogen-bond acceptors (Lipinski definition) is 5. The zero-order chi connectivity index (χ0) is 24.2. The Kier molecular flexibility index (Phi) is 26.8. The van der Waals surface area contributed by atoms with Gasteiger partial charge < -0.3 is 14.9 Å². The summed E-state index contributed by atoms with van der Waals surface area (Å²) in [5, 5.41) is 2.75. The Morgan fingerprint density at radius 2 is 1.12 bits per heavy atom. The summed E-state index contributed by atoms with van der Waals surface area (Å²) in [5.74, 6) is 5.99. The van der Waals surface area contributed by atoms with Gasteiger partial charge in [0, 0.05) is 25.1 Å². The summed E-state index contributed by atoms with van der Waals surface area (Å²) < 4.78 is 2.94. The minimum Gasteiger partial charge on any atom is -0.354 e. The Bertz CT molecular complexity index is 439. The molecule has 4 N–H and O–H groups in total. The van der Waals surface area contributed by atoms with Crippen LogP contribution in [0.25, 0.3) is 0 Å². The van der Waals surface area contributed by atoms with Crippen molar-refractivity contribution >= 4 is 23.8 Å². The van der Waals surface area contributed by atoms with Gasteiger partial charge in [0.2, 0.25) is 11.8 Å². The lowest BCUT2D eigenvalue weighted by molar-refractivity contribution is -0.121. The van der Waals surface area contributed by atoms with Crippen molar-refractivity contribution in [3.05, 3.63) is 0 Å². The van der Waals surface area contributed by atoms with Crippen LogP contribution in [0.2, 0.25) is 0 Å². The van der Waals surface area contributed by atoms with Gasteiger partial charge in [0.25, 0.3) is 0 Å². The van der Waals surface area contributed by atoms with Crippen LogP contribution in [0.15, 0.2) is 0 Å². The van der Waals surface area contributed by atoms with Crippen LogP contribution in [0.1, 0.15) is 135 Å². The van der Waals surface area contributed by atoms with Crippen molar-refractivity contribution in [3.8, 4) is 0 Å². The molecule has 6 nitrogen and oxygen atoms in total. The molecule has 0 rings (SSSR count). The van der Waals surface area contributed by atoms with Crippen LogP contribution in [0.4, 0.5) is 0 Å². The lowest BCUT2D eigenvalue weighted by Gasteiger charge is -2.06. The van der Waals surface area contributed by atoms with Gasteiger partial charge in [0.15, 0.2) is 0 Å². The lowest BCUT2D eigenvalue weighted by atomic mass is 10.0. The maximum absolute atomic E-state index is 11.9. The quantitative estimate of drug-likeness (QED) is 0.0728. The van der Waals surface area contributed by atoms with Crippen molar-refractivity contribution < 1.29 is 14.4 Å². The number of nitrogens with two attached hydrogens (primary N) is 1. The smallest absolute Gasteiger partial charge is 0.229 e. The van der Waals surface area contributed by atoms with E-state index in [0.717, 1.165) is 37.9 Å². The van der Waals surface area contributed by atoms with Crippen molar-refractivity contribution in [2.75, 3.05) is 18.9 Å². The molecular weight excluding hydrogens is 434 g/mol. The molecule has 33 heavy (non-hydrogen) atoms. The predicted molar refractivity (Wildman–Crippen MR) is 142 cm³/mol. The van der Waals surface area contributed by atoms with Gasteiger partial charge in [-0.2, -0.15) is 0 Å². The molecule has 0 unspecified atom stereocenters. The highest BCUT2D eigenvalue weighted by Gasteiger charge is 2.03. The van der Waals surface area contributed by atoms with Crippen molar-refractivity contribution in [1.82, 2.24) is 10.0 Å². The maximum atomic E-state index is 11.9. The molecule has 0 aliphatic heterocycles. The monoisotopic (exact) mass is 487 g/mol. The number of rotatable bonds is 26. The van der Waals surface area contributed by atoms with Crippen molar-refractivity contribution in [2.45, 2.75) is 135 Å². The molecule has 0 aromatic carbocycles. The molecule has 0 fully saturated rings. The van der Waals surface area contributed by atoms with Gasteiger partial charge in [-0.1, -0.05) is 115 Å². The van der Waals surface area contributed by atoms with E-state index in [4.69, 9.17) is 5.90 Å². The summed E-state index contributed by atoms with van der Waals surface area (Å²) in [6.07, 6.45) is 24.1. The molecule has 0 atom stereocenters. The second-order valence-corrected chi connectivity index (χ2v) is 10.0. The maximum Gasteiger partial charge on any atom is 0.229 e. The normalized spacial score (nSPS) is 11.0. The van der Waals surface area contributed by atoms with Gasteiger partial charge in [-0.05, 0) is 19.3 Å². The predicted octanol–water partition coefficient (Wildman–Crippen LogP) is 6.58. The van der Waals surface area contributed by atoms with Crippen molar-refractivity contribution in [3.63, 3.8) is 0 Å². The molecular formula is C26H53N3O3S. The molecule has 7 heteroatoms. The average molecular weight is 488 g/mol. The Balaban J connectivity index is 3.21. The van der Waals surface area contributed by atoms with Gasteiger partial charge in [0.05, 0.1) is 6.61 Å². The first kappa shape index (κ1) is 32.2. The minimum atomic E-state index is 0.0384. The van der Waals surface area contributed by atoms with E-state index in [1.54, 1.807) is 0 Å². The fraction of sp³-hybridized carbons (Fsp3) is 0.923.